The van der Waals surface area contributed by atoms with Gasteiger partial charge in [0.25, 0.3) is 5.56 Å². The first kappa shape index (κ1) is 17.7. The number of benzene rings is 1. The van der Waals surface area contributed by atoms with Crippen LogP contribution in [-0.4, -0.2) is 21.1 Å². The molecule has 0 saturated heterocycles. The second-order valence-electron chi connectivity index (χ2n) is 6.57. The molecule has 3 rings (SSSR count). The standard InChI is InChI=1S/C19H23N3O2S/c1-11-8-9-15(12(2)10-11)20-17(23)13(3)25-19-21-16-7-5-4-6-14(16)18(24)22-19/h8-10,13H,4-7H2,1-3H3,(H,20,23)(H,21,22,24)/t13-/m0/s1. The van der Waals surface area contributed by atoms with Crippen molar-refractivity contribution in [3.63, 3.8) is 0 Å². The normalized spacial score (nSPS) is 14.7. The van der Waals surface area contributed by atoms with Gasteiger partial charge in [-0.05, 0) is 58.1 Å². The highest BCUT2D eigenvalue weighted by atomic mass is 32.2. The minimum Gasteiger partial charge on any atom is -0.325 e. The third-order valence-electron chi connectivity index (χ3n) is 4.47. The van der Waals surface area contributed by atoms with Gasteiger partial charge in [0.2, 0.25) is 5.91 Å². The summed E-state index contributed by atoms with van der Waals surface area (Å²) in [4.78, 5) is 32.1. The van der Waals surface area contributed by atoms with Gasteiger partial charge in [0.05, 0.1) is 10.9 Å². The Morgan fingerprint density at radius 2 is 2.04 bits per heavy atom. The second kappa shape index (κ2) is 7.44. The van der Waals surface area contributed by atoms with Gasteiger partial charge in [-0.1, -0.05) is 29.5 Å². The molecule has 1 aliphatic rings. The van der Waals surface area contributed by atoms with Gasteiger partial charge in [-0.15, -0.1) is 0 Å². The molecule has 6 heteroatoms. The average Bonchev–Trinajstić information content (AvgIpc) is 2.57. The molecule has 2 aromatic rings. The first-order valence-electron chi connectivity index (χ1n) is 8.61. The molecule has 0 fully saturated rings. The fourth-order valence-corrected chi connectivity index (χ4v) is 3.86. The van der Waals surface area contributed by atoms with Gasteiger partial charge in [0.15, 0.2) is 5.16 Å². The number of H-pyrrole nitrogens is 1. The Morgan fingerprint density at radius 3 is 2.80 bits per heavy atom. The van der Waals surface area contributed by atoms with E-state index < -0.39 is 0 Å². The molecule has 0 unspecified atom stereocenters. The van der Waals surface area contributed by atoms with E-state index in [9.17, 15) is 9.59 Å². The summed E-state index contributed by atoms with van der Waals surface area (Å²) in [6, 6.07) is 5.93. The zero-order chi connectivity index (χ0) is 18.0. The number of amides is 1. The minimum absolute atomic E-state index is 0.0609. The third kappa shape index (κ3) is 4.12. The molecule has 25 heavy (non-hydrogen) atoms. The smallest absolute Gasteiger partial charge is 0.254 e. The summed E-state index contributed by atoms with van der Waals surface area (Å²) < 4.78 is 0. The number of anilines is 1. The van der Waals surface area contributed by atoms with Crippen LogP contribution in [0.25, 0.3) is 0 Å². The molecule has 1 aliphatic carbocycles. The van der Waals surface area contributed by atoms with Crippen molar-refractivity contribution < 1.29 is 4.79 Å². The van der Waals surface area contributed by atoms with Crippen LogP contribution in [0, 0.1) is 13.8 Å². The van der Waals surface area contributed by atoms with Crippen LogP contribution in [0.3, 0.4) is 0 Å². The lowest BCUT2D eigenvalue weighted by Crippen LogP contribution is -2.25. The number of nitrogens with one attached hydrogen (secondary N) is 2. The summed E-state index contributed by atoms with van der Waals surface area (Å²) in [5, 5.41) is 3.12. The molecule has 0 radical (unpaired) electrons. The highest BCUT2D eigenvalue weighted by molar-refractivity contribution is 8.00. The lowest BCUT2D eigenvalue weighted by atomic mass is 9.97. The van der Waals surface area contributed by atoms with Crippen LogP contribution in [-0.2, 0) is 17.6 Å². The molecule has 1 atom stereocenters. The summed E-state index contributed by atoms with van der Waals surface area (Å²) in [6.45, 7) is 5.82. The van der Waals surface area contributed by atoms with Crippen LogP contribution in [0.5, 0.6) is 0 Å². The molecule has 1 aromatic carbocycles. The number of hydrogen-bond acceptors (Lipinski definition) is 4. The lowest BCUT2D eigenvalue weighted by Gasteiger charge is -2.16. The largest absolute Gasteiger partial charge is 0.325 e. The summed E-state index contributed by atoms with van der Waals surface area (Å²) in [5.41, 5.74) is 4.64. The number of carbonyl (C=O) groups excluding carboxylic acids is 1. The van der Waals surface area contributed by atoms with E-state index in [0.717, 1.165) is 53.8 Å². The van der Waals surface area contributed by atoms with Gasteiger partial charge in [-0.2, -0.15) is 0 Å². The van der Waals surface area contributed by atoms with Gasteiger partial charge in [-0.25, -0.2) is 4.98 Å². The fourth-order valence-electron chi connectivity index (χ4n) is 3.05. The van der Waals surface area contributed by atoms with Crippen molar-refractivity contribution in [3.8, 4) is 0 Å². The Bertz CT molecular complexity index is 860. The lowest BCUT2D eigenvalue weighted by molar-refractivity contribution is -0.115. The number of fused-ring (bicyclic) bond motifs is 1. The van der Waals surface area contributed by atoms with E-state index in [1.165, 1.54) is 11.8 Å². The molecule has 0 saturated carbocycles. The van der Waals surface area contributed by atoms with Gasteiger partial charge in [0.1, 0.15) is 0 Å². The first-order chi connectivity index (χ1) is 11.9. The molecule has 2 N–H and O–H groups in total. The van der Waals surface area contributed by atoms with Crippen molar-refractivity contribution in [2.75, 3.05) is 5.32 Å². The Kier molecular flexibility index (Phi) is 5.27. The Morgan fingerprint density at radius 1 is 1.28 bits per heavy atom. The number of carbonyl (C=O) groups is 1. The number of thioether (sulfide) groups is 1. The zero-order valence-corrected chi connectivity index (χ0v) is 15.6. The Balaban J connectivity index is 1.71. The van der Waals surface area contributed by atoms with Gasteiger partial charge in [0, 0.05) is 11.3 Å². The number of aromatic nitrogens is 2. The monoisotopic (exact) mass is 357 g/mol. The van der Waals surface area contributed by atoms with Gasteiger partial charge in [-0.3, -0.25) is 9.59 Å². The number of hydrogen-bond donors (Lipinski definition) is 2. The maximum atomic E-state index is 12.5. The van der Waals surface area contributed by atoms with Crippen LogP contribution in [0.15, 0.2) is 28.2 Å². The van der Waals surface area contributed by atoms with Crippen LogP contribution >= 0.6 is 11.8 Å². The van der Waals surface area contributed by atoms with Crippen LogP contribution in [0.2, 0.25) is 0 Å². The highest BCUT2D eigenvalue weighted by Crippen LogP contribution is 2.24. The van der Waals surface area contributed by atoms with Crippen LogP contribution < -0.4 is 10.9 Å². The maximum absolute atomic E-state index is 12.5. The summed E-state index contributed by atoms with van der Waals surface area (Å²) >= 11 is 1.29. The van der Waals surface area contributed by atoms with Crippen molar-refractivity contribution in [1.82, 2.24) is 9.97 Å². The predicted octanol–water partition coefficient (Wildman–Crippen LogP) is 3.38. The van der Waals surface area contributed by atoms with Gasteiger partial charge < -0.3 is 10.3 Å². The predicted molar refractivity (Wildman–Crippen MR) is 101 cm³/mol. The van der Waals surface area contributed by atoms with E-state index in [1.807, 2.05) is 39.0 Å². The summed E-state index contributed by atoms with van der Waals surface area (Å²) in [6.07, 6.45) is 3.75. The van der Waals surface area contributed by atoms with Crippen molar-refractivity contribution in [2.45, 2.75) is 56.9 Å². The Hall–Kier alpha value is -2.08. The number of aryl methyl sites for hydroxylation is 3. The zero-order valence-electron chi connectivity index (χ0n) is 14.8. The average molecular weight is 357 g/mol. The molecular weight excluding hydrogens is 334 g/mol. The van der Waals surface area contributed by atoms with Crippen LogP contribution in [0.1, 0.15) is 42.1 Å². The number of rotatable bonds is 4. The SMILES string of the molecule is Cc1ccc(NC(=O)[C@H](C)Sc2nc3c(c(=O)[nH]2)CCCC3)c(C)c1. The molecule has 0 bridgehead atoms. The highest BCUT2D eigenvalue weighted by Gasteiger charge is 2.20. The number of nitrogens with zero attached hydrogens (tertiary/aromatic N) is 1. The maximum Gasteiger partial charge on any atom is 0.254 e. The molecule has 1 amide bonds. The van der Waals surface area contributed by atoms with E-state index in [2.05, 4.69) is 15.3 Å². The second-order valence-corrected chi connectivity index (χ2v) is 7.90. The topological polar surface area (TPSA) is 74.8 Å². The quantitative estimate of drug-likeness (QED) is 0.650. The van der Waals surface area contributed by atoms with E-state index in [0.29, 0.717) is 5.16 Å². The van der Waals surface area contributed by atoms with Crippen LogP contribution in [0.4, 0.5) is 5.69 Å². The number of aromatic amines is 1. The van der Waals surface area contributed by atoms with E-state index >= 15 is 0 Å². The molecule has 0 aliphatic heterocycles. The summed E-state index contributed by atoms with van der Waals surface area (Å²) in [7, 11) is 0. The van der Waals surface area contributed by atoms with E-state index in [1.54, 1.807) is 0 Å². The minimum atomic E-state index is -0.356. The molecule has 1 heterocycles. The fraction of sp³-hybridized carbons (Fsp3) is 0.421. The summed E-state index contributed by atoms with van der Waals surface area (Å²) in [5.74, 6) is -0.0997. The molecule has 132 valence electrons. The van der Waals surface area contributed by atoms with E-state index in [4.69, 9.17) is 0 Å². The Labute approximate surface area is 151 Å². The molecule has 1 aromatic heterocycles. The van der Waals surface area contributed by atoms with Gasteiger partial charge >= 0.3 is 0 Å². The van der Waals surface area contributed by atoms with E-state index in [-0.39, 0.29) is 16.7 Å². The van der Waals surface area contributed by atoms with Crippen molar-refractivity contribution >= 4 is 23.4 Å². The molecular formula is C19H23N3O2S. The van der Waals surface area contributed by atoms with Crippen molar-refractivity contribution in [1.29, 1.82) is 0 Å². The molecule has 5 nitrogen and oxygen atoms in total. The van der Waals surface area contributed by atoms with Crippen molar-refractivity contribution in [2.24, 2.45) is 0 Å². The first-order valence-corrected chi connectivity index (χ1v) is 9.49. The molecule has 0 spiro atoms. The third-order valence-corrected chi connectivity index (χ3v) is 5.45. The van der Waals surface area contributed by atoms with Crippen molar-refractivity contribution in [3.05, 3.63) is 50.9 Å².